The molecule has 82 valence electrons. The largest absolute Gasteiger partial charge is 0.347 e. The molecular weight excluding hydrogens is 222 g/mol. The van der Waals surface area contributed by atoms with E-state index in [4.69, 9.17) is 0 Å². The van der Waals surface area contributed by atoms with Crippen molar-refractivity contribution in [2.24, 2.45) is 0 Å². The number of amides is 1. The Bertz CT molecular complexity index is 481. The Morgan fingerprint density at radius 3 is 2.75 bits per heavy atom. The van der Waals surface area contributed by atoms with Crippen molar-refractivity contribution in [2.45, 2.75) is 13.5 Å². The molecule has 0 radical (unpaired) electrons. The number of benzene rings is 1. The smallest absolute Gasteiger partial charge is 0.273 e. The summed E-state index contributed by atoms with van der Waals surface area (Å²) in [6, 6.07) is 9.76. The van der Waals surface area contributed by atoms with Crippen LogP contribution in [0.3, 0.4) is 0 Å². The van der Waals surface area contributed by atoms with Crippen molar-refractivity contribution in [2.75, 3.05) is 0 Å². The van der Waals surface area contributed by atoms with Gasteiger partial charge in [-0.15, -0.1) is 5.10 Å². The van der Waals surface area contributed by atoms with E-state index in [0.717, 1.165) is 10.4 Å². The number of nitrogens with zero attached hydrogens (tertiary/aromatic N) is 2. The zero-order valence-corrected chi connectivity index (χ0v) is 9.62. The van der Waals surface area contributed by atoms with Gasteiger partial charge in [0.2, 0.25) is 0 Å². The van der Waals surface area contributed by atoms with Gasteiger partial charge in [-0.1, -0.05) is 34.8 Å². The zero-order chi connectivity index (χ0) is 11.4. The molecule has 1 heterocycles. The van der Waals surface area contributed by atoms with Crippen LogP contribution in [0.15, 0.2) is 30.3 Å². The van der Waals surface area contributed by atoms with E-state index in [1.807, 2.05) is 37.3 Å². The third kappa shape index (κ3) is 2.43. The summed E-state index contributed by atoms with van der Waals surface area (Å²) < 4.78 is 3.73. The van der Waals surface area contributed by atoms with Gasteiger partial charge >= 0.3 is 0 Å². The van der Waals surface area contributed by atoms with Gasteiger partial charge in [-0.25, -0.2) is 0 Å². The number of rotatable bonds is 3. The first-order valence-electron chi connectivity index (χ1n) is 4.88. The van der Waals surface area contributed by atoms with E-state index in [1.54, 1.807) is 0 Å². The molecule has 16 heavy (non-hydrogen) atoms. The fourth-order valence-corrected chi connectivity index (χ4v) is 1.77. The molecule has 0 saturated carbocycles. The summed E-state index contributed by atoms with van der Waals surface area (Å²) in [4.78, 5) is 12.5. The summed E-state index contributed by atoms with van der Waals surface area (Å²) in [5, 5.41) is 6.59. The van der Waals surface area contributed by atoms with Crippen molar-refractivity contribution in [1.29, 1.82) is 0 Å². The Morgan fingerprint density at radius 2 is 2.12 bits per heavy atom. The highest BCUT2D eigenvalue weighted by molar-refractivity contribution is 7.05. The maximum atomic E-state index is 11.7. The molecule has 0 unspecified atom stereocenters. The monoisotopic (exact) mass is 233 g/mol. The van der Waals surface area contributed by atoms with Crippen LogP contribution in [0.4, 0.5) is 0 Å². The van der Waals surface area contributed by atoms with Crippen molar-refractivity contribution >= 4 is 17.4 Å². The normalized spacial score (nSPS) is 10.1. The summed E-state index contributed by atoms with van der Waals surface area (Å²) in [7, 11) is 0. The number of aryl methyl sites for hydroxylation is 1. The molecule has 1 N–H and O–H groups in total. The summed E-state index contributed by atoms with van der Waals surface area (Å²) in [6.07, 6.45) is 0. The van der Waals surface area contributed by atoms with Crippen LogP contribution in [0, 0.1) is 6.92 Å². The van der Waals surface area contributed by atoms with E-state index in [9.17, 15) is 4.79 Å². The van der Waals surface area contributed by atoms with Crippen molar-refractivity contribution in [1.82, 2.24) is 14.9 Å². The number of hydrogen-bond acceptors (Lipinski definition) is 4. The van der Waals surface area contributed by atoms with Gasteiger partial charge < -0.3 is 5.32 Å². The maximum Gasteiger partial charge on any atom is 0.273 e. The molecular formula is C11H11N3OS. The molecule has 4 nitrogen and oxygen atoms in total. The summed E-state index contributed by atoms with van der Waals surface area (Å²) >= 11 is 1.23. The van der Waals surface area contributed by atoms with Crippen LogP contribution in [0.1, 0.15) is 20.9 Å². The Balaban J connectivity index is 1.97. The summed E-state index contributed by atoms with van der Waals surface area (Å²) in [5.74, 6) is -0.171. The molecule has 0 spiro atoms. The second-order valence-corrected chi connectivity index (χ2v) is 4.30. The van der Waals surface area contributed by atoms with Gasteiger partial charge in [-0.3, -0.25) is 4.79 Å². The SMILES string of the molecule is Cc1snnc1C(=O)NCc1ccccc1. The van der Waals surface area contributed by atoms with Crippen LogP contribution < -0.4 is 5.32 Å². The highest BCUT2D eigenvalue weighted by Gasteiger charge is 2.12. The lowest BCUT2D eigenvalue weighted by Crippen LogP contribution is -2.23. The first-order chi connectivity index (χ1) is 7.77. The molecule has 0 fully saturated rings. The van der Waals surface area contributed by atoms with E-state index < -0.39 is 0 Å². The Morgan fingerprint density at radius 1 is 1.38 bits per heavy atom. The standard InChI is InChI=1S/C11H11N3OS/c1-8-10(13-14-16-8)11(15)12-7-9-5-3-2-4-6-9/h2-6H,7H2,1H3,(H,12,15). The lowest BCUT2D eigenvalue weighted by atomic mass is 10.2. The average Bonchev–Trinajstić information content (AvgIpc) is 2.74. The fourth-order valence-electron chi connectivity index (χ4n) is 1.30. The quantitative estimate of drug-likeness (QED) is 0.879. The molecule has 1 aromatic carbocycles. The van der Waals surface area contributed by atoms with Gasteiger partial charge in [0.15, 0.2) is 5.69 Å². The zero-order valence-electron chi connectivity index (χ0n) is 8.80. The van der Waals surface area contributed by atoms with E-state index in [0.29, 0.717) is 12.2 Å². The highest BCUT2D eigenvalue weighted by atomic mass is 32.1. The Hall–Kier alpha value is -1.75. The van der Waals surface area contributed by atoms with Crippen molar-refractivity contribution in [3.63, 3.8) is 0 Å². The molecule has 0 aliphatic heterocycles. The summed E-state index contributed by atoms with van der Waals surface area (Å²) in [5.41, 5.74) is 1.48. The van der Waals surface area contributed by atoms with Crippen LogP contribution in [-0.4, -0.2) is 15.5 Å². The number of carbonyl (C=O) groups excluding carboxylic acids is 1. The van der Waals surface area contributed by atoms with Crippen LogP contribution in [0.25, 0.3) is 0 Å². The van der Waals surface area contributed by atoms with Crippen molar-refractivity contribution in [3.05, 3.63) is 46.5 Å². The molecule has 2 rings (SSSR count). The van der Waals surface area contributed by atoms with Gasteiger partial charge in [-0.05, 0) is 24.0 Å². The molecule has 0 aliphatic rings. The fraction of sp³-hybridized carbons (Fsp3) is 0.182. The van der Waals surface area contributed by atoms with Crippen LogP contribution in [0.5, 0.6) is 0 Å². The third-order valence-electron chi connectivity index (χ3n) is 2.16. The second kappa shape index (κ2) is 4.85. The molecule has 0 aliphatic carbocycles. The molecule has 5 heteroatoms. The minimum atomic E-state index is -0.171. The first kappa shape index (κ1) is 10.8. The van der Waals surface area contributed by atoms with E-state index in [-0.39, 0.29) is 5.91 Å². The predicted molar refractivity (Wildman–Crippen MR) is 62.3 cm³/mol. The van der Waals surface area contributed by atoms with E-state index in [2.05, 4.69) is 14.9 Å². The van der Waals surface area contributed by atoms with Crippen LogP contribution in [-0.2, 0) is 6.54 Å². The predicted octanol–water partition coefficient (Wildman–Crippen LogP) is 1.78. The summed E-state index contributed by atoms with van der Waals surface area (Å²) in [6.45, 7) is 2.35. The topological polar surface area (TPSA) is 54.9 Å². The number of carbonyl (C=O) groups is 1. The van der Waals surface area contributed by atoms with Crippen molar-refractivity contribution in [3.8, 4) is 0 Å². The molecule has 1 aromatic heterocycles. The molecule has 2 aromatic rings. The molecule has 0 atom stereocenters. The van der Waals surface area contributed by atoms with Crippen LogP contribution in [0.2, 0.25) is 0 Å². The average molecular weight is 233 g/mol. The van der Waals surface area contributed by atoms with E-state index >= 15 is 0 Å². The van der Waals surface area contributed by atoms with E-state index in [1.165, 1.54) is 11.5 Å². The van der Waals surface area contributed by atoms with Gasteiger partial charge in [0, 0.05) is 6.54 Å². The van der Waals surface area contributed by atoms with Gasteiger partial charge in [0.1, 0.15) is 0 Å². The first-order valence-corrected chi connectivity index (χ1v) is 5.66. The Labute approximate surface area is 97.5 Å². The molecule has 1 amide bonds. The highest BCUT2D eigenvalue weighted by Crippen LogP contribution is 2.08. The van der Waals surface area contributed by atoms with Crippen molar-refractivity contribution < 1.29 is 4.79 Å². The van der Waals surface area contributed by atoms with Gasteiger partial charge in [-0.2, -0.15) is 0 Å². The number of nitrogens with one attached hydrogen (secondary N) is 1. The van der Waals surface area contributed by atoms with Gasteiger partial charge in [0.25, 0.3) is 5.91 Å². The number of aromatic nitrogens is 2. The third-order valence-corrected chi connectivity index (χ3v) is 2.79. The number of hydrogen-bond donors (Lipinski definition) is 1. The second-order valence-electron chi connectivity index (χ2n) is 3.35. The lowest BCUT2D eigenvalue weighted by molar-refractivity contribution is 0.0945. The maximum absolute atomic E-state index is 11.7. The molecule has 0 bridgehead atoms. The van der Waals surface area contributed by atoms with Gasteiger partial charge in [0.05, 0.1) is 4.88 Å². The lowest BCUT2D eigenvalue weighted by Gasteiger charge is -2.03. The van der Waals surface area contributed by atoms with Crippen LogP contribution >= 0.6 is 11.5 Å². The minimum Gasteiger partial charge on any atom is -0.347 e. The minimum absolute atomic E-state index is 0.171. The Kier molecular flexibility index (Phi) is 3.26. The molecule has 0 saturated heterocycles.